The number of carbonyl (C=O) groups is 1. The van der Waals surface area contributed by atoms with Crippen molar-refractivity contribution < 1.29 is 14.3 Å². The van der Waals surface area contributed by atoms with Gasteiger partial charge in [-0.2, -0.15) is 4.52 Å². The van der Waals surface area contributed by atoms with Gasteiger partial charge in [-0.25, -0.2) is 4.98 Å². The Morgan fingerprint density at radius 1 is 1.52 bits per heavy atom. The van der Waals surface area contributed by atoms with E-state index in [9.17, 15) is 4.79 Å². The molecule has 1 aliphatic rings. The number of aromatic nitrogens is 5. The summed E-state index contributed by atoms with van der Waals surface area (Å²) in [5.74, 6) is 1.07. The number of anilines is 1. The van der Waals surface area contributed by atoms with Crippen LogP contribution in [0.4, 0.5) is 5.82 Å². The summed E-state index contributed by atoms with van der Waals surface area (Å²) in [6.07, 6.45) is 5.29. The van der Waals surface area contributed by atoms with Gasteiger partial charge in [0.05, 0.1) is 25.8 Å². The molecule has 9 nitrogen and oxygen atoms in total. The highest BCUT2D eigenvalue weighted by Crippen LogP contribution is 2.19. The highest BCUT2D eigenvalue weighted by atomic mass is 16.6. The summed E-state index contributed by atoms with van der Waals surface area (Å²) >= 11 is 0. The smallest absolute Gasteiger partial charge is 0.306 e. The lowest BCUT2D eigenvalue weighted by molar-refractivity contribution is -0.150. The fourth-order valence-electron chi connectivity index (χ4n) is 3.03. The highest BCUT2D eigenvalue weighted by molar-refractivity contribution is 5.70. The molecule has 0 radical (unpaired) electrons. The quantitative estimate of drug-likeness (QED) is 0.712. The monoisotopic (exact) mass is 348 g/mol. The third-order valence-corrected chi connectivity index (χ3v) is 4.12. The van der Waals surface area contributed by atoms with Crippen LogP contribution in [0.3, 0.4) is 0 Å². The van der Waals surface area contributed by atoms with Gasteiger partial charge in [0.15, 0.2) is 5.82 Å². The third-order valence-electron chi connectivity index (χ3n) is 4.12. The molecule has 0 amide bonds. The van der Waals surface area contributed by atoms with Gasteiger partial charge in [-0.05, 0) is 28.7 Å². The van der Waals surface area contributed by atoms with Gasteiger partial charge in [-0.15, -0.1) is 5.10 Å². The maximum atomic E-state index is 12.2. The normalized spacial score (nSPS) is 18.6. The van der Waals surface area contributed by atoms with E-state index in [1.54, 1.807) is 16.9 Å². The number of esters is 1. The molecule has 0 spiro atoms. The minimum Gasteiger partial charge on any atom is -0.460 e. The van der Waals surface area contributed by atoms with Crippen LogP contribution in [-0.4, -0.2) is 56.9 Å². The third kappa shape index (κ3) is 4.85. The topological polar surface area (TPSA) is 104 Å². The first-order chi connectivity index (χ1) is 12.1. The molecule has 0 bridgehead atoms. The molecular formula is C16H24N6O3. The second-order valence-corrected chi connectivity index (χ2v) is 6.78. The fourth-order valence-corrected chi connectivity index (χ4v) is 3.03. The molecule has 1 aliphatic heterocycles. The molecule has 3 rings (SSSR count). The maximum Gasteiger partial charge on any atom is 0.306 e. The lowest BCUT2D eigenvalue weighted by atomic mass is 9.94. The van der Waals surface area contributed by atoms with E-state index < -0.39 is 0 Å². The Kier molecular flexibility index (Phi) is 5.75. The molecule has 136 valence electrons. The molecule has 2 aromatic rings. The average Bonchev–Trinajstić information content (AvgIpc) is 3.23. The molecule has 1 saturated heterocycles. The minimum atomic E-state index is -0.168. The summed E-state index contributed by atoms with van der Waals surface area (Å²) in [6.45, 7) is 6.06. The fraction of sp³-hybridized carbons (Fsp3) is 0.688. The van der Waals surface area contributed by atoms with Crippen LogP contribution < -0.4 is 5.32 Å². The van der Waals surface area contributed by atoms with Gasteiger partial charge >= 0.3 is 5.97 Å². The molecule has 25 heavy (non-hydrogen) atoms. The molecule has 1 N–H and O–H groups in total. The number of tetrazole rings is 1. The Bertz CT molecular complexity index is 698. The zero-order valence-electron chi connectivity index (χ0n) is 14.6. The molecule has 0 aromatic carbocycles. The lowest BCUT2D eigenvalue weighted by Gasteiger charge is -2.20. The summed E-state index contributed by atoms with van der Waals surface area (Å²) in [4.78, 5) is 16.5. The standard InChI is InChI=1S/C16H24N6O3/c1-11(2)7-12(8-14(23)25-13-3-6-24-10-13)9-18-15-16-19-20-21-22(16)5-4-17-15/h4-5,11-13H,3,6-10H2,1-2H3,(H,17,18)/t12-,13?/m0/s1. The second kappa shape index (κ2) is 8.19. The highest BCUT2D eigenvalue weighted by Gasteiger charge is 2.23. The molecule has 2 atom stereocenters. The van der Waals surface area contributed by atoms with Crippen molar-refractivity contribution in [2.45, 2.75) is 39.2 Å². The number of fused-ring (bicyclic) bond motifs is 1. The SMILES string of the molecule is CC(C)C[C@H](CNc1nccn2nnnc12)CC(=O)OC1CCOC1. The number of hydrogen-bond acceptors (Lipinski definition) is 8. The minimum absolute atomic E-state index is 0.0994. The van der Waals surface area contributed by atoms with Crippen molar-refractivity contribution in [1.29, 1.82) is 0 Å². The van der Waals surface area contributed by atoms with E-state index in [1.807, 2.05) is 0 Å². The van der Waals surface area contributed by atoms with Crippen molar-refractivity contribution in [1.82, 2.24) is 25.0 Å². The molecular weight excluding hydrogens is 324 g/mol. The first-order valence-corrected chi connectivity index (χ1v) is 8.65. The first-order valence-electron chi connectivity index (χ1n) is 8.65. The number of ether oxygens (including phenoxy) is 2. The van der Waals surface area contributed by atoms with Crippen molar-refractivity contribution in [2.24, 2.45) is 11.8 Å². The second-order valence-electron chi connectivity index (χ2n) is 6.78. The van der Waals surface area contributed by atoms with E-state index in [-0.39, 0.29) is 18.0 Å². The zero-order valence-corrected chi connectivity index (χ0v) is 14.6. The van der Waals surface area contributed by atoms with Gasteiger partial charge in [-0.3, -0.25) is 4.79 Å². The zero-order chi connectivity index (χ0) is 17.6. The van der Waals surface area contributed by atoms with Crippen molar-refractivity contribution >= 4 is 17.4 Å². The van der Waals surface area contributed by atoms with E-state index in [2.05, 4.69) is 39.7 Å². The largest absolute Gasteiger partial charge is 0.460 e. The molecule has 0 aliphatic carbocycles. The van der Waals surface area contributed by atoms with Crippen LogP contribution in [0.5, 0.6) is 0 Å². The van der Waals surface area contributed by atoms with Crippen molar-refractivity contribution in [2.75, 3.05) is 25.1 Å². The number of hydrogen-bond donors (Lipinski definition) is 1. The summed E-state index contributed by atoms with van der Waals surface area (Å²) < 4.78 is 12.3. The predicted octanol–water partition coefficient (Wildman–Crippen LogP) is 1.32. The van der Waals surface area contributed by atoms with Crippen LogP contribution >= 0.6 is 0 Å². The first kappa shape index (κ1) is 17.5. The Morgan fingerprint density at radius 2 is 2.40 bits per heavy atom. The summed E-state index contributed by atoms with van der Waals surface area (Å²) in [5.41, 5.74) is 0.566. The predicted molar refractivity (Wildman–Crippen MR) is 89.9 cm³/mol. The Hall–Kier alpha value is -2.29. The number of nitrogens with one attached hydrogen (secondary N) is 1. The number of carbonyl (C=O) groups excluding carboxylic acids is 1. The van der Waals surface area contributed by atoms with Crippen LogP contribution in [0, 0.1) is 11.8 Å². The number of rotatable bonds is 8. The van der Waals surface area contributed by atoms with E-state index in [4.69, 9.17) is 9.47 Å². The summed E-state index contributed by atoms with van der Waals surface area (Å²) in [6, 6.07) is 0. The molecule has 1 fully saturated rings. The summed E-state index contributed by atoms with van der Waals surface area (Å²) in [7, 11) is 0. The molecule has 3 heterocycles. The van der Waals surface area contributed by atoms with Gasteiger partial charge in [0.1, 0.15) is 6.10 Å². The van der Waals surface area contributed by atoms with Crippen molar-refractivity contribution in [3.63, 3.8) is 0 Å². The van der Waals surface area contributed by atoms with Crippen molar-refractivity contribution in [3.05, 3.63) is 12.4 Å². The van der Waals surface area contributed by atoms with E-state index in [0.29, 0.717) is 43.6 Å². The molecule has 9 heteroatoms. The average molecular weight is 348 g/mol. The number of nitrogens with zero attached hydrogens (tertiary/aromatic N) is 5. The van der Waals surface area contributed by atoms with Crippen LogP contribution in [0.2, 0.25) is 0 Å². The lowest BCUT2D eigenvalue weighted by Crippen LogP contribution is -2.24. The van der Waals surface area contributed by atoms with Gasteiger partial charge in [0.2, 0.25) is 5.65 Å². The molecule has 0 saturated carbocycles. The Balaban J connectivity index is 1.58. The molecule has 2 aromatic heterocycles. The van der Waals surface area contributed by atoms with Crippen LogP contribution in [-0.2, 0) is 14.3 Å². The van der Waals surface area contributed by atoms with Crippen molar-refractivity contribution in [3.8, 4) is 0 Å². The molecule has 1 unspecified atom stereocenters. The van der Waals surface area contributed by atoms with Gasteiger partial charge in [-0.1, -0.05) is 13.8 Å². The van der Waals surface area contributed by atoms with Crippen LogP contribution in [0.25, 0.3) is 5.65 Å². The van der Waals surface area contributed by atoms with E-state index in [0.717, 1.165) is 12.8 Å². The maximum absolute atomic E-state index is 12.2. The van der Waals surface area contributed by atoms with Crippen LogP contribution in [0.15, 0.2) is 12.4 Å². The van der Waals surface area contributed by atoms with Crippen LogP contribution in [0.1, 0.15) is 33.1 Å². The Labute approximate surface area is 146 Å². The summed E-state index contributed by atoms with van der Waals surface area (Å²) in [5, 5.41) is 14.7. The van der Waals surface area contributed by atoms with Gasteiger partial charge in [0.25, 0.3) is 0 Å². The van der Waals surface area contributed by atoms with E-state index in [1.165, 1.54) is 0 Å². The van der Waals surface area contributed by atoms with Gasteiger partial charge in [0, 0.05) is 19.2 Å². The Morgan fingerprint density at radius 3 is 3.16 bits per heavy atom. The van der Waals surface area contributed by atoms with Gasteiger partial charge < -0.3 is 14.8 Å². The van der Waals surface area contributed by atoms with E-state index >= 15 is 0 Å².